The van der Waals surface area contributed by atoms with Gasteiger partial charge < -0.3 is 10.1 Å². The molecule has 3 heteroatoms. The fraction of sp³-hybridized carbons (Fsp3) is 0.222. The molecule has 1 aromatic carbocycles. The molecule has 0 aliphatic carbocycles. The normalized spacial score (nSPS) is 12.4. The van der Waals surface area contributed by atoms with E-state index in [-0.39, 0.29) is 11.8 Å². The van der Waals surface area contributed by atoms with E-state index >= 15 is 0 Å². The van der Waals surface area contributed by atoms with Gasteiger partial charge in [0.05, 0.1) is 5.92 Å². The van der Waals surface area contributed by atoms with Gasteiger partial charge in [-0.3, -0.25) is 4.79 Å². The molecular formula is C18H19NO2. The first-order chi connectivity index (χ1) is 10.2. The van der Waals surface area contributed by atoms with Crippen molar-refractivity contribution in [2.75, 3.05) is 7.05 Å². The first-order valence-corrected chi connectivity index (χ1v) is 6.78. The van der Waals surface area contributed by atoms with Crippen molar-refractivity contribution in [3.8, 4) is 11.8 Å². The molecule has 1 unspecified atom stereocenters. The number of carbonyl (C=O) groups is 2. The highest BCUT2D eigenvalue weighted by Gasteiger charge is 2.05. The number of carbonyl (C=O) groups excluding carboxylic acids is 2. The highest BCUT2D eigenvalue weighted by Crippen LogP contribution is 2.04. The van der Waals surface area contributed by atoms with E-state index in [1.54, 1.807) is 32.2 Å². The molecule has 21 heavy (non-hydrogen) atoms. The van der Waals surface area contributed by atoms with E-state index in [4.69, 9.17) is 0 Å². The molecule has 108 valence electrons. The zero-order valence-electron chi connectivity index (χ0n) is 12.3. The average Bonchev–Trinajstić information content (AvgIpc) is 2.54. The first kappa shape index (κ1) is 16.5. The Morgan fingerprint density at radius 3 is 2.67 bits per heavy atom. The first-order valence-electron chi connectivity index (χ1n) is 6.78. The molecule has 1 atom stereocenters. The van der Waals surface area contributed by atoms with Crippen LogP contribution in [-0.4, -0.2) is 19.2 Å². The van der Waals surface area contributed by atoms with Gasteiger partial charge in [0.1, 0.15) is 6.29 Å². The summed E-state index contributed by atoms with van der Waals surface area (Å²) < 4.78 is 0. The third kappa shape index (κ3) is 6.40. The summed E-state index contributed by atoms with van der Waals surface area (Å²) in [6, 6.07) is 9.60. The standard InChI is InChI=1S/C18H19NO2/c1-15(18(21)19-2)10-11-17(9-6-14-20)13-12-16-7-4-3-5-8-16/h3-5,7-11,14-15H,6H2,1-2H3,(H,19,21)/b11-10-,17-9+. The Morgan fingerprint density at radius 1 is 1.33 bits per heavy atom. The molecule has 0 bridgehead atoms. The van der Waals surface area contributed by atoms with Gasteiger partial charge in [-0.15, -0.1) is 0 Å². The SMILES string of the molecule is CNC(=O)C(C)/C=C\C(C#Cc1ccccc1)=C/CC=O. The van der Waals surface area contributed by atoms with E-state index in [2.05, 4.69) is 17.2 Å². The van der Waals surface area contributed by atoms with Crippen LogP contribution in [0, 0.1) is 17.8 Å². The largest absolute Gasteiger partial charge is 0.359 e. The smallest absolute Gasteiger partial charge is 0.226 e. The highest BCUT2D eigenvalue weighted by atomic mass is 16.1. The van der Waals surface area contributed by atoms with Gasteiger partial charge >= 0.3 is 0 Å². The summed E-state index contributed by atoms with van der Waals surface area (Å²) in [4.78, 5) is 21.9. The van der Waals surface area contributed by atoms with Gasteiger partial charge in [0, 0.05) is 24.6 Å². The molecule has 0 spiro atoms. The number of nitrogens with one attached hydrogen (secondary N) is 1. The number of amides is 1. The summed E-state index contributed by atoms with van der Waals surface area (Å²) >= 11 is 0. The molecular weight excluding hydrogens is 262 g/mol. The van der Waals surface area contributed by atoms with E-state index in [9.17, 15) is 9.59 Å². The quantitative estimate of drug-likeness (QED) is 0.512. The lowest BCUT2D eigenvalue weighted by Crippen LogP contribution is -2.23. The van der Waals surface area contributed by atoms with Crippen LogP contribution in [0.25, 0.3) is 0 Å². The lowest BCUT2D eigenvalue weighted by Gasteiger charge is -2.03. The average molecular weight is 281 g/mol. The Hall–Kier alpha value is -2.60. The Morgan fingerprint density at radius 2 is 2.05 bits per heavy atom. The van der Waals surface area contributed by atoms with Crippen molar-refractivity contribution in [3.05, 3.63) is 59.7 Å². The minimum Gasteiger partial charge on any atom is -0.359 e. The Labute approximate surface area is 125 Å². The molecule has 1 rings (SSSR count). The molecule has 1 aromatic rings. The van der Waals surface area contributed by atoms with Gasteiger partial charge in [0.2, 0.25) is 5.91 Å². The van der Waals surface area contributed by atoms with Gasteiger partial charge in [-0.05, 0) is 12.1 Å². The molecule has 1 N–H and O–H groups in total. The van der Waals surface area contributed by atoms with Crippen molar-refractivity contribution in [3.63, 3.8) is 0 Å². The summed E-state index contributed by atoms with van der Waals surface area (Å²) in [5.74, 6) is 5.75. The number of benzene rings is 1. The van der Waals surface area contributed by atoms with Crippen LogP contribution < -0.4 is 5.32 Å². The van der Waals surface area contributed by atoms with Crippen LogP contribution in [0.5, 0.6) is 0 Å². The molecule has 0 heterocycles. The van der Waals surface area contributed by atoms with Crippen LogP contribution in [0.15, 0.2) is 54.1 Å². The van der Waals surface area contributed by atoms with E-state index in [0.29, 0.717) is 6.42 Å². The van der Waals surface area contributed by atoms with Crippen molar-refractivity contribution in [1.29, 1.82) is 0 Å². The lowest BCUT2D eigenvalue weighted by atomic mass is 10.1. The van der Waals surface area contributed by atoms with E-state index in [0.717, 1.165) is 17.4 Å². The van der Waals surface area contributed by atoms with Crippen molar-refractivity contribution in [2.24, 2.45) is 5.92 Å². The maximum absolute atomic E-state index is 11.4. The molecule has 0 aromatic heterocycles. The monoisotopic (exact) mass is 281 g/mol. The second-order valence-corrected chi connectivity index (χ2v) is 4.44. The van der Waals surface area contributed by atoms with Gasteiger partial charge in [0.15, 0.2) is 0 Å². The summed E-state index contributed by atoms with van der Waals surface area (Å²) in [7, 11) is 1.60. The summed E-state index contributed by atoms with van der Waals surface area (Å²) in [5.41, 5.74) is 1.63. The summed E-state index contributed by atoms with van der Waals surface area (Å²) in [6.07, 6.45) is 6.42. The summed E-state index contributed by atoms with van der Waals surface area (Å²) in [5, 5.41) is 2.59. The maximum atomic E-state index is 11.4. The molecule has 0 fully saturated rings. The summed E-state index contributed by atoms with van der Waals surface area (Å²) in [6.45, 7) is 1.80. The van der Waals surface area contributed by atoms with Gasteiger partial charge in [-0.1, -0.05) is 55.2 Å². The van der Waals surface area contributed by atoms with Crippen LogP contribution in [0.1, 0.15) is 18.9 Å². The minimum absolute atomic E-state index is 0.0583. The maximum Gasteiger partial charge on any atom is 0.226 e. The van der Waals surface area contributed by atoms with Crippen LogP contribution in [0.2, 0.25) is 0 Å². The molecule has 1 amide bonds. The fourth-order valence-corrected chi connectivity index (χ4v) is 1.56. The van der Waals surface area contributed by atoms with Gasteiger partial charge in [-0.2, -0.15) is 0 Å². The predicted molar refractivity (Wildman–Crippen MR) is 84.5 cm³/mol. The van der Waals surface area contributed by atoms with Crippen LogP contribution in [0.4, 0.5) is 0 Å². The van der Waals surface area contributed by atoms with Crippen molar-refractivity contribution < 1.29 is 9.59 Å². The lowest BCUT2D eigenvalue weighted by molar-refractivity contribution is -0.122. The topological polar surface area (TPSA) is 46.2 Å². The van der Waals surface area contributed by atoms with E-state index < -0.39 is 0 Å². The zero-order chi connectivity index (χ0) is 15.5. The van der Waals surface area contributed by atoms with Gasteiger partial charge in [0.25, 0.3) is 0 Å². The second kappa shape index (κ2) is 9.33. The number of rotatable bonds is 5. The molecule has 0 aliphatic rings. The molecule has 0 radical (unpaired) electrons. The Kier molecular flexibility index (Phi) is 7.31. The highest BCUT2D eigenvalue weighted by molar-refractivity contribution is 5.79. The zero-order valence-corrected chi connectivity index (χ0v) is 12.3. The van der Waals surface area contributed by atoms with Crippen molar-refractivity contribution >= 4 is 12.2 Å². The Bertz CT molecular complexity index is 589. The van der Waals surface area contributed by atoms with Crippen LogP contribution in [-0.2, 0) is 9.59 Å². The van der Waals surface area contributed by atoms with Crippen molar-refractivity contribution in [2.45, 2.75) is 13.3 Å². The Balaban J connectivity index is 2.87. The molecule has 0 saturated heterocycles. The number of hydrogen-bond acceptors (Lipinski definition) is 2. The molecule has 0 saturated carbocycles. The number of allylic oxidation sites excluding steroid dienone is 3. The fourth-order valence-electron chi connectivity index (χ4n) is 1.56. The number of hydrogen-bond donors (Lipinski definition) is 1. The van der Waals surface area contributed by atoms with Crippen LogP contribution >= 0.6 is 0 Å². The third-order valence-corrected chi connectivity index (χ3v) is 2.78. The predicted octanol–water partition coefficient (Wildman–Crippen LogP) is 2.49. The van der Waals surface area contributed by atoms with Crippen molar-refractivity contribution in [1.82, 2.24) is 5.32 Å². The van der Waals surface area contributed by atoms with Crippen LogP contribution in [0.3, 0.4) is 0 Å². The number of aldehydes is 1. The second-order valence-electron chi connectivity index (χ2n) is 4.44. The molecule has 3 nitrogen and oxygen atoms in total. The molecule has 0 aliphatic heterocycles. The van der Waals surface area contributed by atoms with E-state index in [1.807, 2.05) is 30.3 Å². The minimum atomic E-state index is -0.242. The van der Waals surface area contributed by atoms with E-state index in [1.165, 1.54) is 0 Å². The third-order valence-electron chi connectivity index (χ3n) is 2.78. The van der Waals surface area contributed by atoms with Gasteiger partial charge in [-0.25, -0.2) is 0 Å².